The Labute approximate surface area is 224 Å². The molecule has 1 atom stereocenters. The highest BCUT2D eigenvalue weighted by Crippen LogP contribution is 2.40. The molecule has 38 heavy (non-hydrogen) atoms. The SMILES string of the molecule is CCCNCC(COc1ccc(/C(=C(/CC)c2ccc3c(c2)OCO3)c2ccc(O)cc2)cc1)OC(C)=O. The molecule has 7 nitrogen and oxygen atoms in total. The molecule has 0 saturated carbocycles. The van der Waals surface area contributed by atoms with Gasteiger partial charge in [0.15, 0.2) is 11.5 Å². The first-order chi connectivity index (χ1) is 18.5. The molecule has 0 spiro atoms. The molecule has 0 saturated heterocycles. The van der Waals surface area contributed by atoms with Crippen molar-refractivity contribution in [3.8, 4) is 23.0 Å². The molecule has 4 rings (SSSR count). The molecule has 3 aromatic rings. The third kappa shape index (κ3) is 6.86. The molecule has 0 bridgehead atoms. The number of benzene rings is 3. The highest BCUT2D eigenvalue weighted by atomic mass is 16.7. The third-order valence-corrected chi connectivity index (χ3v) is 6.24. The van der Waals surface area contributed by atoms with Crippen LogP contribution in [0, 0.1) is 0 Å². The van der Waals surface area contributed by atoms with Crippen LogP contribution in [0.3, 0.4) is 0 Å². The maximum atomic E-state index is 11.5. The van der Waals surface area contributed by atoms with Crippen molar-refractivity contribution in [2.24, 2.45) is 0 Å². The van der Waals surface area contributed by atoms with Gasteiger partial charge in [0.05, 0.1) is 0 Å². The highest BCUT2D eigenvalue weighted by molar-refractivity contribution is 5.99. The first-order valence-corrected chi connectivity index (χ1v) is 13.0. The predicted molar refractivity (Wildman–Crippen MR) is 148 cm³/mol. The number of ether oxygens (including phenoxy) is 4. The fourth-order valence-corrected chi connectivity index (χ4v) is 4.47. The van der Waals surface area contributed by atoms with Crippen molar-refractivity contribution in [2.45, 2.75) is 39.7 Å². The molecule has 1 unspecified atom stereocenters. The van der Waals surface area contributed by atoms with E-state index in [-0.39, 0.29) is 31.2 Å². The van der Waals surface area contributed by atoms with Crippen LogP contribution in [0.25, 0.3) is 11.1 Å². The minimum atomic E-state index is -0.371. The first-order valence-electron chi connectivity index (χ1n) is 13.0. The van der Waals surface area contributed by atoms with Gasteiger partial charge in [-0.1, -0.05) is 44.2 Å². The Balaban J connectivity index is 1.62. The summed E-state index contributed by atoms with van der Waals surface area (Å²) in [6.45, 7) is 7.49. The van der Waals surface area contributed by atoms with Crippen LogP contribution in [0.15, 0.2) is 66.7 Å². The number of rotatable bonds is 12. The summed E-state index contributed by atoms with van der Waals surface area (Å²) < 4.78 is 22.5. The van der Waals surface area contributed by atoms with Crippen LogP contribution in [0.4, 0.5) is 0 Å². The number of aromatic hydroxyl groups is 1. The largest absolute Gasteiger partial charge is 0.508 e. The number of phenolic OH excluding ortho intramolecular Hbond substituents is 1. The van der Waals surface area contributed by atoms with Crippen molar-refractivity contribution < 1.29 is 28.8 Å². The Hall–Kier alpha value is -3.97. The van der Waals surface area contributed by atoms with Crippen molar-refractivity contribution in [3.63, 3.8) is 0 Å². The zero-order chi connectivity index (χ0) is 26.9. The molecule has 1 aliphatic rings. The van der Waals surface area contributed by atoms with E-state index >= 15 is 0 Å². The van der Waals surface area contributed by atoms with E-state index in [1.807, 2.05) is 54.6 Å². The molecular weight excluding hydrogens is 482 g/mol. The molecular formula is C31H35NO6. The predicted octanol–water partition coefficient (Wildman–Crippen LogP) is 5.80. The lowest BCUT2D eigenvalue weighted by molar-refractivity contribution is -0.147. The number of esters is 1. The van der Waals surface area contributed by atoms with Crippen LogP contribution >= 0.6 is 0 Å². The van der Waals surface area contributed by atoms with E-state index in [1.54, 1.807) is 12.1 Å². The van der Waals surface area contributed by atoms with Gasteiger partial charge in [-0.25, -0.2) is 0 Å². The van der Waals surface area contributed by atoms with Crippen molar-refractivity contribution in [2.75, 3.05) is 26.5 Å². The smallest absolute Gasteiger partial charge is 0.303 e. The number of fused-ring (bicyclic) bond motifs is 1. The van der Waals surface area contributed by atoms with Crippen molar-refractivity contribution in [1.29, 1.82) is 0 Å². The van der Waals surface area contributed by atoms with Gasteiger partial charge in [0.1, 0.15) is 24.2 Å². The summed E-state index contributed by atoms with van der Waals surface area (Å²) >= 11 is 0. The van der Waals surface area contributed by atoms with Crippen LogP contribution in [0.2, 0.25) is 0 Å². The summed E-state index contributed by atoms with van der Waals surface area (Å²) in [5, 5.41) is 13.2. The van der Waals surface area contributed by atoms with Gasteiger partial charge in [-0.05, 0) is 83.6 Å². The van der Waals surface area contributed by atoms with Crippen molar-refractivity contribution >= 4 is 17.1 Å². The molecule has 1 heterocycles. The van der Waals surface area contributed by atoms with E-state index in [1.165, 1.54) is 6.92 Å². The molecule has 200 valence electrons. The maximum absolute atomic E-state index is 11.5. The maximum Gasteiger partial charge on any atom is 0.303 e. The van der Waals surface area contributed by atoms with Crippen LogP contribution in [-0.4, -0.2) is 43.7 Å². The second-order valence-corrected chi connectivity index (χ2v) is 9.09. The van der Waals surface area contributed by atoms with Gasteiger partial charge in [-0.2, -0.15) is 0 Å². The number of hydrogen-bond donors (Lipinski definition) is 2. The summed E-state index contributed by atoms with van der Waals surface area (Å²) in [5.41, 5.74) is 5.24. The van der Waals surface area contributed by atoms with E-state index in [9.17, 15) is 9.90 Å². The average Bonchev–Trinajstić information content (AvgIpc) is 3.39. The monoisotopic (exact) mass is 517 g/mol. The Morgan fingerprint density at radius 1 is 0.947 bits per heavy atom. The number of phenols is 1. The minimum absolute atomic E-state index is 0.216. The van der Waals surface area contributed by atoms with Gasteiger partial charge in [0.2, 0.25) is 6.79 Å². The number of carbonyl (C=O) groups is 1. The quantitative estimate of drug-likeness (QED) is 0.178. The van der Waals surface area contributed by atoms with Crippen LogP contribution < -0.4 is 19.5 Å². The normalized spacial score (nSPS) is 13.6. The van der Waals surface area contributed by atoms with E-state index < -0.39 is 0 Å². The Morgan fingerprint density at radius 2 is 1.61 bits per heavy atom. The van der Waals surface area contributed by atoms with Gasteiger partial charge >= 0.3 is 5.97 Å². The third-order valence-electron chi connectivity index (χ3n) is 6.24. The van der Waals surface area contributed by atoms with Gasteiger partial charge in [0, 0.05) is 13.5 Å². The number of nitrogens with one attached hydrogen (secondary N) is 1. The highest BCUT2D eigenvalue weighted by Gasteiger charge is 2.18. The topological polar surface area (TPSA) is 86.2 Å². The zero-order valence-electron chi connectivity index (χ0n) is 22.2. The van der Waals surface area contributed by atoms with Crippen LogP contribution in [0.1, 0.15) is 50.3 Å². The fraction of sp³-hybridized carbons (Fsp3) is 0.323. The molecule has 7 heteroatoms. The second kappa shape index (κ2) is 13.0. The standard InChI is InChI=1S/C31H35NO6/c1-4-16-32-18-27(38-21(3)33)19-35-26-13-8-23(9-14-26)31(22-6-11-25(34)12-7-22)28(5-2)24-10-15-29-30(17-24)37-20-36-29/h6-15,17,27,32,34H,4-5,16,18-20H2,1-3H3/b31-28-. The average molecular weight is 518 g/mol. The van der Waals surface area contributed by atoms with E-state index in [2.05, 4.69) is 19.2 Å². The molecule has 1 aliphatic heterocycles. The van der Waals surface area contributed by atoms with Gasteiger partial charge < -0.3 is 29.4 Å². The van der Waals surface area contributed by atoms with Gasteiger partial charge in [-0.15, -0.1) is 0 Å². The number of carbonyl (C=O) groups excluding carboxylic acids is 1. The summed E-state index contributed by atoms with van der Waals surface area (Å²) in [7, 11) is 0. The zero-order valence-corrected chi connectivity index (χ0v) is 22.2. The van der Waals surface area contributed by atoms with Crippen LogP contribution in [0.5, 0.6) is 23.0 Å². The molecule has 3 aromatic carbocycles. The number of hydrogen-bond acceptors (Lipinski definition) is 7. The van der Waals surface area contributed by atoms with Crippen LogP contribution in [-0.2, 0) is 9.53 Å². The molecule has 0 fully saturated rings. The molecule has 0 amide bonds. The summed E-state index contributed by atoms with van der Waals surface area (Å²) in [4.78, 5) is 11.5. The Bertz CT molecular complexity index is 1250. The molecule has 0 aromatic heterocycles. The minimum Gasteiger partial charge on any atom is -0.508 e. The van der Waals surface area contributed by atoms with E-state index in [4.69, 9.17) is 18.9 Å². The second-order valence-electron chi connectivity index (χ2n) is 9.09. The first kappa shape index (κ1) is 27.1. The summed E-state index contributed by atoms with van der Waals surface area (Å²) in [5.74, 6) is 2.06. The lowest BCUT2D eigenvalue weighted by Crippen LogP contribution is -2.35. The van der Waals surface area contributed by atoms with Crippen molar-refractivity contribution in [3.05, 3.63) is 83.4 Å². The summed E-state index contributed by atoms with van der Waals surface area (Å²) in [6, 6.07) is 21.1. The summed E-state index contributed by atoms with van der Waals surface area (Å²) in [6.07, 6.45) is 1.41. The van der Waals surface area contributed by atoms with E-state index in [0.29, 0.717) is 12.3 Å². The lowest BCUT2D eigenvalue weighted by Gasteiger charge is -2.19. The fourth-order valence-electron chi connectivity index (χ4n) is 4.47. The van der Waals surface area contributed by atoms with Gasteiger partial charge in [-0.3, -0.25) is 4.79 Å². The number of allylic oxidation sites excluding steroid dienone is 1. The Kier molecular flexibility index (Phi) is 9.27. The van der Waals surface area contributed by atoms with E-state index in [0.717, 1.165) is 58.7 Å². The molecule has 2 N–H and O–H groups in total. The van der Waals surface area contributed by atoms with Crippen molar-refractivity contribution in [1.82, 2.24) is 5.32 Å². The molecule has 0 aliphatic carbocycles. The molecule has 0 radical (unpaired) electrons. The lowest BCUT2D eigenvalue weighted by atomic mass is 9.88. The Morgan fingerprint density at radius 3 is 2.26 bits per heavy atom. The van der Waals surface area contributed by atoms with Gasteiger partial charge in [0.25, 0.3) is 0 Å².